The predicted molar refractivity (Wildman–Crippen MR) is 85.4 cm³/mol. The van der Waals surface area contributed by atoms with Gasteiger partial charge in [-0.2, -0.15) is 0 Å². The Bertz CT molecular complexity index is 404. The van der Waals surface area contributed by atoms with Gasteiger partial charge in [0.05, 0.1) is 0 Å². The fourth-order valence-electron chi connectivity index (χ4n) is 2.34. The van der Waals surface area contributed by atoms with Crippen LogP contribution in [0.5, 0.6) is 0 Å². The van der Waals surface area contributed by atoms with Gasteiger partial charge < -0.3 is 0 Å². The molecule has 0 nitrogen and oxygen atoms in total. The fraction of sp³-hybridized carbons (Fsp3) is 0.647. The van der Waals surface area contributed by atoms with Crippen LogP contribution >= 0.6 is 15.9 Å². The monoisotopic (exact) mass is 346 g/mol. The van der Waals surface area contributed by atoms with Gasteiger partial charge in [-0.1, -0.05) is 67.8 Å². The van der Waals surface area contributed by atoms with E-state index >= 15 is 0 Å². The molecule has 0 heterocycles. The lowest BCUT2D eigenvalue weighted by atomic mass is 10.0. The molecule has 0 fully saturated rings. The third-order valence-corrected chi connectivity index (χ3v) is 4.63. The maximum absolute atomic E-state index is 13.8. The average Bonchev–Trinajstić information content (AvgIpc) is 2.41. The van der Waals surface area contributed by atoms with Crippen molar-refractivity contribution in [1.82, 2.24) is 0 Å². The first-order chi connectivity index (χ1) is 9.56. The third kappa shape index (κ3) is 5.90. The van der Waals surface area contributed by atoms with Crippen molar-refractivity contribution in [1.29, 1.82) is 0 Å². The molecule has 1 rings (SSSR count). The van der Waals surface area contributed by atoms with Crippen LogP contribution in [-0.4, -0.2) is 0 Å². The van der Waals surface area contributed by atoms with E-state index in [9.17, 15) is 8.78 Å². The molecule has 0 aromatic heterocycles. The van der Waals surface area contributed by atoms with Crippen LogP contribution in [0.2, 0.25) is 0 Å². The van der Waals surface area contributed by atoms with Gasteiger partial charge in [0.15, 0.2) is 0 Å². The van der Waals surface area contributed by atoms with E-state index in [1.54, 1.807) is 6.92 Å². The first-order valence-electron chi connectivity index (χ1n) is 7.65. The molecule has 1 aromatic carbocycles. The molecule has 3 heteroatoms. The van der Waals surface area contributed by atoms with Crippen LogP contribution in [-0.2, 0) is 0 Å². The van der Waals surface area contributed by atoms with Gasteiger partial charge in [-0.05, 0) is 31.0 Å². The summed E-state index contributed by atoms with van der Waals surface area (Å²) in [5.74, 6) is -0.640. The second-order valence-corrected chi connectivity index (χ2v) is 6.61. The zero-order valence-corrected chi connectivity index (χ0v) is 14.1. The Hall–Kier alpha value is -0.440. The van der Waals surface area contributed by atoms with Crippen LogP contribution in [0.15, 0.2) is 12.1 Å². The Labute approximate surface area is 130 Å². The lowest BCUT2D eigenvalue weighted by molar-refractivity contribution is 0.554. The number of hydrogen-bond donors (Lipinski definition) is 0. The number of benzene rings is 1. The second-order valence-electron chi connectivity index (χ2n) is 5.50. The van der Waals surface area contributed by atoms with Crippen molar-refractivity contribution in [2.75, 3.05) is 0 Å². The van der Waals surface area contributed by atoms with Gasteiger partial charge in [0, 0.05) is 10.4 Å². The number of rotatable bonds is 9. The van der Waals surface area contributed by atoms with E-state index in [1.165, 1.54) is 50.7 Å². The van der Waals surface area contributed by atoms with Crippen molar-refractivity contribution in [2.45, 2.75) is 70.0 Å². The summed E-state index contributed by atoms with van der Waals surface area (Å²) in [5, 5.41) is 0. The number of hydrogen-bond acceptors (Lipinski definition) is 0. The van der Waals surface area contributed by atoms with E-state index in [2.05, 4.69) is 22.9 Å². The average molecular weight is 347 g/mol. The van der Waals surface area contributed by atoms with E-state index in [4.69, 9.17) is 0 Å². The van der Waals surface area contributed by atoms with Crippen molar-refractivity contribution < 1.29 is 8.78 Å². The van der Waals surface area contributed by atoms with Gasteiger partial charge in [-0.25, -0.2) is 8.78 Å². The molecule has 0 radical (unpaired) electrons. The Morgan fingerprint density at radius 3 is 2.20 bits per heavy atom. The number of alkyl halides is 1. The lowest BCUT2D eigenvalue weighted by Gasteiger charge is -2.12. The normalized spacial score (nSPS) is 12.7. The van der Waals surface area contributed by atoms with Crippen LogP contribution < -0.4 is 0 Å². The van der Waals surface area contributed by atoms with Crippen LogP contribution in [0.1, 0.15) is 74.2 Å². The summed E-state index contributed by atoms with van der Waals surface area (Å²) in [6.07, 6.45) is 9.49. The maximum Gasteiger partial charge on any atom is 0.128 e. The van der Waals surface area contributed by atoms with Crippen LogP contribution in [0.4, 0.5) is 8.78 Å². The minimum atomic E-state index is -0.328. The lowest BCUT2D eigenvalue weighted by Crippen LogP contribution is -1.98. The molecule has 1 unspecified atom stereocenters. The van der Waals surface area contributed by atoms with Crippen LogP contribution in [0.3, 0.4) is 0 Å². The molecule has 0 aliphatic heterocycles. The molecule has 114 valence electrons. The molecule has 0 bridgehead atoms. The standard InChI is InChI=1S/C17H25BrF2/c1-3-4-5-6-7-8-9-10-15(18)14-12-16(19)13(2)11-17(14)20/h11-12,15H,3-10H2,1-2H3. The molecule has 0 aliphatic carbocycles. The molecule has 0 saturated heterocycles. The molecule has 20 heavy (non-hydrogen) atoms. The molecule has 0 N–H and O–H groups in total. The SMILES string of the molecule is CCCCCCCCCC(Br)c1cc(F)c(C)cc1F. The van der Waals surface area contributed by atoms with Crippen LogP contribution in [0, 0.1) is 18.6 Å². The number of unbranched alkanes of at least 4 members (excludes halogenated alkanes) is 6. The summed E-state index contributed by atoms with van der Waals surface area (Å²) in [6.45, 7) is 3.80. The molecule has 0 saturated carbocycles. The van der Waals surface area contributed by atoms with E-state index in [1.807, 2.05) is 0 Å². The Kier molecular flexibility index (Phi) is 8.35. The molecule has 0 amide bonds. The van der Waals surface area contributed by atoms with Crippen molar-refractivity contribution >= 4 is 15.9 Å². The van der Waals surface area contributed by atoms with Gasteiger partial charge in [0.1, 0.15) is 11.6 Å². The van der Waals surface area contributed by atoms with E-state index in [0.29, 0.717) is 11.1 Å². The highest BCUT2D eigenvalue weighted by atomic mass is 79.9. The van der Waals surface area contributed by atoms with Gasteiger partial charge in [0.2, 0.25) is 0 Å². The van der Waals surface area contributed by atoms with Crippen molar-refractivity contribution in [2.24, 2.45) is 0 Å². The molecule has 1 atom stereocenters. The Morgan fingerprint density at radius 2 is 1.55 bits per heavy atom. The molecular formula is C17H25BrF2. The largest absolute Gasteiger partial charge is 0.207 e. The van der Waals surface area contributed by atoms with Crippen LogP contribution in [0.25, 0.3) is 0 Å². The van der Waals surface area contributed by atoms with Gasteiger partial charge >= 0.3 is 0 Å². The molecular weight excluding hydrogens is 322 g/mol. The van der Waals surface area contributed by atoms with Gasteiger partial charge in [-0.3, -0.25) is 0 Å². The zero-order chi connectivity index (χ0) is 15.0. The summed E-state index contributed by atoms with van der Waals surface area (Å²) in [7, 11) is 0. The second kappa shape index (κ2) is 9.49. The Balaban J connectivity index is 2.32. The minimum absolute atomic E-state index is 0.0896. The van der Waals surface area contributed by atoms with E-state index in [0.717, 1.165) is 12.8 Å². The van der Waals surface area contributed by atoms with E-state index < -0.39 is 0 Å². The first kappa shape index (κ1) is 17.6. The summed E-state index contributed by atoms with van der Waals surface area (Å²) in [5.41, 5.74) is 0.806. The minimum Gasteiger partial charge on any atom is -0.207 e. The summed E-state index contributed by atoms with van der Waals surface area (Å²) in [6, 6.07) is 2.61. The third-order valence-electron chi connectivity index (χ3n) is 3.68. The van der Waals surface area contributed by atoms with Crippen molar-refractivity contribution in [3.05, 3.63) is 34.9 Å². The van der Waals surface area contributed by atoms with E-state index in [-0.39, 0.29) is 16.5 Å². The summed E-state index contributed by atoms with van der Waals surface area (Å²) >= 11 is 3.48. The summed E-state index contributed by atoms with van der Waals surface area (Å²) < 4.78 is 27.3. The zero-order valence-electron chi connectivity index (χ0n) is 12.5. The highest BCUT2D eigenvalue weighted by Gasteiger charge is 2.14. The maximum atomic E-state index is 13.8. The quantitative estimate of drug-likeness (QED) is 0.338. The highest BCUT2D eigenvalue weighted by Crippen LogP contribution is 2.32. The number of aryl methyl sites for hydroxylation is 1. The molecule has 0 aliphatic rings. The smallest absolute Gasteiger partial charge is 0.128 e. The van der Waals surface area contributed by atoms with Crippen molar-refractivity contribution in [3.63, 3.8) is 0 Å². The first-order valence-corrected chi connectivity index (χ1v) is 8.57. The number of halogens is 3. The predicted octanol–water partition coefficient (Wildman–Crippen LogP) is 6.85. The molecule has 1 aromatic rings. The Morgan fingerprint density at radius 1 is 0.950 bits per heavy atom. The summed E-state index contributed by atoms with van der Waals surface area (Å²) in [4.78, 5) is -0.0896. The topological polar surface area (TPSA) is 0 Å². The van der Waals surface area contributed by atoms with Gasteiger partial charge in [0.25, 0.3) is 0 Å². The molecule has 0 spiro atoms. The van der Waals surface area contributed by atoms with Gasteiger partial charge in [-0.15, -0.1) is 0 Å². The fourth-order valence-corrected chi connectivity index (χ4v) is 3.01. The highest BCUT2D eigenvalue weighted by molar-refractivity contribution is 9.09. The van der Waals surface area contributed by atoms with Crippen molar-refractivity contribution in [3.8, 4) is 0 Å².